The van der Waals surface area contributed by atoms with E-state index in [0.717, 1.165) is 12.1 Å². The van der Waals surface area contributed by atoms with Crippen molar-refractivity contribution in [1.29, 1.82) is 0 Å². The van der Waals surface area contributed by atoms with Gasteiger partial charge in [0.05, 0.1) is 16.7 Å². The van der Waals surface area contributed by atoms with Crippen LogP contribution in [0, 0.1) is 11.6 Å². The maximum Gasteiger partial charge on any atom is 0.322 e. The number of nitrogens with one attached hydrogen (secondary N) is 3. The Kier molecular flexibility index (Phi) is 6.03. The van der Waals surface area contributed by atoms with Crippen LogP contribution in [0.3, 0.4) is 0 Å². The third-order valence-electron chi connectivity index (χ3n) is 2.10. The van der Waals surface area contributed by atoms with E-state index in [0.29, 0.717) is 0 Å². The highest BCUT2D eigenvalue weighted by atomic mass is 79.9. The zero-order valence-corrected chi connectivity index (χ0v) is 12.0. The second-order valence-corrected chi connectivity index (χ2v) is 4.58. The Balaban J connectivity index is 2.49. The first-order valence-electron chi connectivity index (χ1n) is 5.47. The van der Waals surface area contributed by atoms with Gasteiger partial charge >= 0.3 is 12.0 Å². The van der Waals surface area contributed by atoms with E-state index in [2.05, 4.69) is 21.2 Å². The SMILES string of the molecule is O=C(O)CNC(=O)CNC(=O)Nc1cc(F)c(Br)cc1F. The van der Waals surface area contributed by atoms with E-state index >= 15 is 0 Å². The second kappa shape index (κ2) is 7.53. The van der Waals surface area contributed by atoms with Crippen molar-refractivity contribution in [2.24, 2.45) is 0 Å². The van der Waals surface area contributed by atoms with Gasteiger partial charge in [0, 0.05) is 6.07 Å². The summed E-state index contributed by atoms with van der Waals surface area (Å²) in [5.74, 6) is -3.62. The summed E-state index contributed by atoms with van der Waals surface area (Å²) in [6.45, 7) is -1.10. The van der Waals surface area contributed by atoms with Gasteiger partial charge in [0.25, 0.3) is 0 Å². The minimum Gasteiger partial charge on any atom is -0.480 e. The van der Waals surface area contributed by atoms with Gasteiger partial charge in [0.15, 0.2) is 0 Å². The highest BCUT2D eigenvalue weighted by Crippen LogP contribution is 2.23. The molecule has 0 heterocycles. The number of rotatable bonds is 5. The number of urea groups is 1. The fourth-order valence-electron chi connectivity index (χ4n) is 1.18. The number of halogens is 3. The Bertz CT molecular complexity index is 583. The standard InChI is InChI=1S/C11H10BrF2N3O4/c12-5-1-7(14)8(2-6(5)13)17-11(21)16-3-9(18)15-4-10(19)20/h1-2H,3-4H2,(H,15,18)(H,19,20)(H2,16,17,21). The largest absolute Gasteiger partial charge is 0.480 e. The summed E-state index contributed by atoms with van der Waals surface area (Å²) in [6.07, 6.45) is 0. The molecule has 0 aliphatic heterocycles. The molecule has 7 nitrogen and oxygen atoms in total. The van der Waals surface area contributed by atoms with Gasteiger partial charge in [-0.15, -0.1) is 0 Å². The summed E-state index contributed by atoms with van der Waals surface area (Å²) in [7, 11) is 0. The first-order chi connectivity index (χ1) is 9.79. The van der Waals surface area contributed by atoms with Crippen molar-refractivity contribution in [3.05, 3.63) is 28.2 Å². The van der Waals surface area contributed by atoms with Crippen molar-refractivity contribution in [1.82, 2.24) is 10.6 Å². The van der Waals surface area contributed by atoms with Crippen LogP contribution in [0.5, 0.6) is 0 Å². The fraction of sp³-hybridized carbons (Fsp3) is 0.182. The monoisotopic (exact) mass is 365 g/mol. The summed E-state index contributed by atoms with van der Waals surface area (Å²) < 4.78 is 26.5. The molecule has 1 aromatic carbocycles. The van der Waals surface area contributed by atoms with Crippen molar-refractivity contribution in [2.75, 3.05) is 18.4 Å². The van der Waals surface area contributed by atoms with Crippen LogP contribution < -0.4 is 16.0 Å². The molecule has 3 amide bonds. The first kappa shape index (κ1) is 16.8. The molecule has 0 unspecified atom stereocenters. The van der Waals surface area contributed by atoms with Crippen molar-refractivity contribution >= 4 is 39.5 Å². The molecule has 0 spiro atoms. The Hall–Kier alpha value is -2.23. The molecule has 0 aliphatic carbocycles. The fourth-order valence-corrected chi connectivity index (χ4v) is 1.50. The number of aliphatic carboxylic acids is 1. The van der Waals surface area contributed by atoms with Gasteiger partial charge in [-0.1, -0.05) is 0 Å². The van der Waals surface area contributed by atoms with Crippen LogP contribution in [0.2, 0.25) is 0 Å². The average Bonchev–Trinajstić information content (AvgIpc) is 2.40. The summed E-state index contributed by atoms with van der Waals surface area (Å²) in [5.41, 5.74) is -0.404. The van der Waals surface area contributed by atoms with E-state index in [1.807, 2.05) is 10.6 Å². The lowest BCUT2D eigenvalue weighted by atomic mass is 10.3. The van der Waals surface area contributed by atoms with Crippen molar-refractivity contribution in [2.45, 2.75) is 0 Å². The highest BCUT2D eigenvalue weighted by molar-refractivity contribution is 9.10. The summed E-state index contributed by atoms with van der Waals surface area (Å²) in [6, 6.07) is 0.662. The summed E-state index contributed by atoms with van der Waals surface area (Å²) >= 11 is 2.78. The summed E-state index contributed by atoms with van der Waals surface area (Å²) in [5, 5.41) is 14.4. The quantitative estimate of drug-likeness (QED) is 0.585. The second-order valence-electron chi connectivity index (χ2n) is 3.72. The van der Waals surface area contributed by atoms with Crippen molar-refractivity contribution < 1.29 is 28.3 Å². The van der Waals surface area contributed by atoms with Crippen LogP contribution in [-0.4, -0.2) is 36.1 Å². The lowest BCUT2D eigenvalue weighted by Crippen LogP contribution is -2.40. The third-order valence-corrected chi connectivity index (χ3v) is 2.71. The molecule has 0 bridgehead atoms. The minimum absolute atomic E-state index is 0.0981. The number of anilines is 1. The molecule has 0 saturated heterocycles. The van der Waals surface area contributed by atoms with Gasteiger partial charge in [-0.2, -0.15) is 0 Å². The van der Waals surface area contributed by atoms with Crippen molar-refractivity contribution in [3.8, 4) is 0 Å². The predicted molar refractivity (Wildman–Crippen MR) is 71.7 cm³/mol. The highest BCUT2D eigenvalue weighted by Gasteiger charge is 2.12. The Morgan fingerprint density at radius 3 is 2.38 bits per heavy atom. The molecule has 1 aromatic rings. The predicted octanol–water partition coefficient (Wildman–Crippen LogP) is 1.05. The van der Waals surface area contributed by atoms with Crippen LogP contribution in [0.25, 0.3) is 0 Å². The van der Waals surface area contributed by atoms with E-state index in [1.165, 1.54) is 0 Å². The van der Waals surface area contributed by atoms with Gasteiger partial charge in [0.1, 0.15) is 18.2 Å². The molecule has 0 radical (unpaired) electrons. The number of carbonyl (C=O) groups is 3. The molecule has 114 valence electrons. The maximum atomic E-state index is 13.4. The van der Waals surface area contributed by atoms with E-state index in [9.17, 15) is 23.2 Å². The molecule has 4 N–H and O–H groups in total. The number of carboxylic acids is 1. The van der Waals surface area contributed by atoms with E-state index in [4.69, 9.17) is 5.11 Å². The number of carboxylic acid groups (broad SMARTS) is 1. The lowest BCUT2D eigenvalue weighted by molar-refractivity contribution is -0.137. The van der Waals surface area contributed by atoms with Gasteiger partial charge in [-0.3, -0.25) is 9.59 Å². The zero-order chi connectivity index (χ0) is 16.0. The van der Waals surface area contributed by atoms with E-state index in [-0.39, 0.29) is 4.47 Å². The smallest absolute Gasteiger partial charge is 0.322 e. The molecule has 21 heavy (non-hydrogen) atoms. The maximum absolute atomic E-state index is 13.4. The third kappa shape index (κ3) is 5.73. The van der Waals surface area contributed by atoms with Crippen LogP contribution in [0.4, 0.5) is 19.3 Å². The first-order valence-corrected chi connectivity index (χ1v) is 6.26. The molecule has 0 aromatic heterocycles. The number of hydrogen-bond acceptors (Lipinski definition) is 3. The number of amides is 3. The zero-order valence-electron chi connectivity index (χ0n) is 10.4. The van der Waals surface area contributed by atoms with Gasteiger partial charge < -0.3 is 21.1 Å². The lowest BCUT2D eigenvalue weighted by Gasteiger charge is -2.09. The van der Waals surface area contributed by atoms with Crippen LogP contribution >= 0.6 is 15.9 Å². The van der Waals surface area contributed by atoms with Crippen LogP contribution in [0.15, 0.2) is 16.6 Å². The number of benzene rings is 1. The minimum atomic E-state index is -1.24. The van der Waals surface area contributed by atoms with Crippen molar-refractivity contribution in [3.63, 3.8) is 0 Å². The molecule has 0 saturated carbocycles. The molecule has 0 aliphatic rings. The van der Waals surface area contributed by atoms with E-state index < -0.39 is 48.3 Å². The summed E-state index contributed by atoms with van der Waals surface area (Å²) in [4.78, 5) is 32.7. The average molecular weight is 366 g/mol. The van der Waals surface area contributed by atoms with Gasteiger partial charge in [-0.05, 0) is 22.0 Å². The number of carbonyl (C=O) groups excluding carboxylic acids is 2. The van der Waals surface area contributed by atoms with Gasteiger partial charge in [0.2, 0.25) is 5.91 Å². The molecule has 1 rings (SSSR count). The Morgan fingerprint density at radius 1 is 1.10 bits per heavy atom. The molecule has 0 atom stereocenters. The molecule has 10 heteroatoms. The Morgan fingerprint density at radius 2 is 1.76 bits per heavy atom. The van der Waals surface area contributed by atoms with E-state index in [1.54, 1.807) is 0 Å². The van der Waals surface area contributed by atoms with Gasteiger partial charge in [-0.25, -0.2) is 13.6 Å². The molecular formula is C11H10BrF2N3O4. The van der Waals surface area contributed by atoms with Crippen LogP contribution in [-0.2, 0) is 9.59 Å². The molecular weight excluding hydrogens is 356 g/mol. The van der Waals surface area contributed by atoms with Crippen LogP contribution in [0.1, 0.15) is 0 Å². The Labute approximate surface area is 125 Å². The molecule has 0 fully saturated rings. The normalized spacial score (nSPS) is 9.86. The number of hydrogen-bond donors (Lipinski definition) is 4. The topological polar surface area (TPSA) is 108 Å².